The lowest BCUT2D eigenvalue weighted by Gasteiger charge is -2.29. The van der Waals surface area contributed by atoms with Crippen LogP contribution in [0.5, 0.6) is 5.75 Å². The van der Waals surface area contributed by atoms with Crippen molar-refractivity contribution in [1.29, 1.82) is 0 Å². The van der Waals surface area contributed by atoms with Gasteiger partial charge in [0.1, 0.15) is 5.75 Å². The zero-order valence-electron chi connectivity index (χ0n) is 14.3. The Morgan fingerprint density at radius 1 is 1.08 bits per heavy atom. The van der Waals surface area contributed by atoms with E-state index in [0.29, 0.717) is 13.1 Å². The highest BCUT2D eigenvalue weighted by Crippen LogP contribution is 2.18. The van der Waals surface area contributed by atoms with Crippen molar-refractivity contribution in [2.45, 2.75) is 19.4 Å². The molecule has 1 aliphatic heterocycles. The van der Waals surface area contributed by atoms with Gasteiger partial charge in [-0.25, -0.2) is 0 Å². The zero-order valence-corrected chi connectivity index (χ0v) is 14.3. The molecule has 0 aromatic heterocycles. The van der Waals surface area contributed by atoms with Crippen LogP contribution in [0.2, 0.25) is 0 Å². The minimum atomic E-state index is -0.157. The van der Waals surface area contributed by atoms with Crippen LogP contribution in [0, 0.1) is 0 Å². The van der Waals surface area contributed by atoms with E-state index in [1.54, 1.807) is 12.0 Å². The maximum absolute atomic E-state index is 12.3. The molecule has 1 N–H and O–H groups in total. The van der Waals surface area contributed by atoms with Crippen molar-refractivity contribution < 1.29 is 14.3 Å². The fourth-order valence-electron chi connectivity index (χ4n) is 2.99. The van der Waals surface area contributed by atoms with Gasteiger partial charge in [0.25, 0.3) is 0 Å². The van der Waals surface area contributed by atoms with Crippen molar-refractivity contribution >= 4 is 11.8 Å². The van der Waals surface area contributed by atoms with Gasteiger partial charge in [0.05, 0.1) is 20.1 Å². The van der Waals surface area contributed by atoms with Crippen LogP contribution in [0.25, 0.3) is 0 Å². The minimum absolute atomic E-state index is 0.0388. The van der Waals surface area contributed by atoms with Gasteiger partial charge in [-0.15, -0.1) is 0 Å². The van der Waals surface area contributed by atoms with E-state index in [2.05, 4.69) is 17.4 Å². The number of hydrogen-bond acceptors (Lipinski definition) is 3. The molecule has 1 aliphatic rings. The number of methoxy groups -OCH3 is 1. The van der Waals surface area contributed by atoms with Crippen molar-refractivity contribution in [2.24, 2.45) is 0 Å². The third-order valence-electron chi connectivity index (χ3n) is 4.44. The van der Waals surface area contributed by atoms with Crippen LogP contribution in [-0.4, -0.2) is 36.9 Å². The lowest BCUT2D eigenvalue weighted by molar-refractivity contribution is -0.133. The third-order valence-corrected chi connectivity index (χ3v) is 4.44. The summed E-state index contributed by atoms with van der Waals surface area (Å²) in [5.41, 5.74) is 3.37. The average molecular weight is 338 g/mol. The molecule has 0 spiro atoms. The number of hydrogen-bond donors (Lipinski definition) is 1. The molecule has 25 heavy (non-hydrogen) atoms. The molecule has 1 heterocycles. The van der Waals surface area contributed by atoms with Crippen LogP contribution in [-0.2, 0) is 29.0 Å². The van der Waals surface area contributed by atoms with Gasteiger partial charge in [-0.05, 0) is 35.2 Å². The van der Waals surface area contributed by atoms with Gasteiger partial charge in [-0.2, -0.15) is 0 Å². The first kappa shape index (κ1) is 17.0. The van der Waals surface area contributed by atoms with E-state index in [0.717, 1.165) is 17.7 Å². The van der Waals surface area contributed by atoms with Crippen LogP contribution in [0.1, 0.15) is 16.7 Å². The van der Waals surface area contributed by atoms with E-state index < -0.39 is 0 Å². The Hall–Kier alpha value is -2.82. The summed E-state index contributed by atoms with van der Waals surface area (Å²) < 4.78 is 5.09. The first-order valence-corrected chi connectivity index (χ1v) is 8.40. The van der Waals surface area contributed by atoms with Crippen molar-refractivity contribution in [2.75, 3.05) is 20.2 Å². The van der Waals surface area contributed by atoms with Gasteiger partial charge in [0.15, 0.2) is 0 Å². The molecular weight excluding hydrogens is 316 g/mol. The van der Waals surface area contributed by atoms with Crippen LogP contribution in [0.3, 0.4) is 0 Å². The van der Waals surface area contributed by atoms with Gasteiger partial charge in [0, 0.05) is 13.1 Å². The van der Waals surface area contributed by atoms with Crippen LogP contribution >= 0.6 is 0 Å². The summed E-state index contributed by atoms with van der Waals surface area (Å²) in [4.78, 5) is 26.2. The quantitative estimate of drug-likeness (QED) is 0.906. The van der Waals surface area contributed by atoms with Crippen molar-refractivity contribution in [3.05, 3.63) is 65.2 Å². The highest BCUT2D eigenvalue weighted by Gasteiger charge is 2.20. The summed E-state index contributed by atoms with van der Waals surface area (Å²) in [6.07, 6.45) is 1.11. The van der Waals surface area contributed by atoms with E-state index in [-0.39, 0.29) is 24.8 Å². The van der Waals surface area contributed by atoms with Crippen molar-refractivity contribution in [3.63, 3.8) is 0 Å². The van der Waals surface area contributed by atoms with E-state index in [9.17, 15) is 9.59 Å². The second-order valence-electron chi connectivity index (χ2n) is 6.14. The molecule has 0 saturated heterocycles. The Kier molecular flexibility index (Phi) is 5.33. The number of amides is 2. The fourth-order valence-corrected chi connectivity index (χ4v) is 2.99. The largest absolute Gasteiger partial charge is 0.497 e. The topological polar surface area (TPSA) is 58.6 Å². The van der Waals surface area contributed by atoms with E-state index >= 15 is 0 Å². The average Bonchev–Trinajstić information content (AvgIpc) is 2.66. The third kappa shape index (κ3) is 4.38. The summed E-state index contributed by atoms with van der Waals surface area (Å²) in [5, 5.41) is 2.72. The predicted octanol–water partition coefficient (Wildman–Crippen LogP) is 1.94. The standard InChI is InChI=1S/C20H22N2O3/c1-25-18-8-6-15(7-9-18)12-19(23)21-13-20(24)22-11-10-16-4-2-3-5-17(16)14-22/h2-9H,10-14H2,1H3,(H,21,23). The van der Waals surface area contributed by atoms with Gasteiger partial charge in [-0.3, -0.25) is 9.59 Å². The van der Waals surface area contributed by atoms with Crippen molar-refractivity contribution in [1.82, 2.24) is 10.2 Å². The second kappa shape index (κ2) is 7.83. The maximum atomic E-state index is 12.3. The van der Waals surface area contributed by atoms with Gasteiger partial charge >= 0.3 is 0 Å². The molecule has 0 unspecified atom stereocenters. The smallest absolute Gasteiger partial charge is 0.242 e. The number of ether oxygens (including phenoxy) is 1. The molecule has 5 heteroatoms. The Balaban J connectivity index is 1.48. The Labute approximate surface area is 147 Å². The number of rotatable bonds is 5. The lowest BCUT2D eigenvalue weighted by Crippen LogP contribution is -2.42. The SMILES string of the molecule is COc1ccc(CC(=O)NCC(=O)N2CCc3ccccc3C2)cc1. The molecule has 3 rings (SSSR count). The monoisotopic (exact) mass is 338 g/mol. The predicted molar refractivity (Wildman–Crippen MR) is 95.3 cm³/mol. The summed E-state index contributed by atoms with van der Waals surface area (Å²) in [5.74, 6) is 0.554. The van der Waals surface area contributed by atoms with Gasteiger partial charge in [-0.1, -0.05) is 36.4 Å². The molecular formula is C20H22N2O3. The number of benzene rings is 2. The summed E-state index contributed by atoms with van der Waals surface area (Å²) in [6.45, 7) is 1.35. The summed E-state index contributed by atoms with van der Waals surface area (Å²) in [7, 11) is 1.60. The molecule has 0 radical (unpaired) electrons. The Morgan fingerprint density at radius 3 is 2.52 bits per heavy atom. The van der Waals surface area contributed by atoms with E-state index in [1.807, 2.05) is 36.4 Å². The molecule has 0 atom stereocenters. The molecule has 2 amide bonds. The molecule has 5 nitrogen and oxygen atoms in total. The Morgan fingerprint density at radius 2 is 1.80 bits per heavy atom. The van der Waals surface area contributed by atoms with Crippen LogP contribution in [0.15, 0.2) is 48.5 Å². The van der Waals surface area contributed by atoms with Crippen molar-refractivity contribution in [3.8, 4) is 5.75 Å². The van der Waals surface area contributed by atoms with E-state index in [1.165, 1.54) is 11.1 Å². The molecule has 0 saturated carbocycles. The summed E-state index contributed by atoms with van der Waals surface area (Å²) >= 11 is 0. The number of nitrogens with one attached hydrogen (secondary N) is 1. The second-order valence-corrected chi connectivity index (χ2v) is 6.14. The highest BCUT2D eigenvalue weighted by atomic mass is 16.5. The molecule has 0 bridgehead atoms. The number of carbonyl (C=O) groups excluding carboxylic acids is 2. The number of fused-ring (bicyclic) bond motifs is 1. The van der Waals surface area contributed by atoms with Gasteiger partial charge in [0.2, 0.25) is 11.8 Å². The first-order valence-electron chi connectivity index (χ1n) is 8.40. The fraction of sp³-hybridized carbons (Fsp3) is 0.300. The van der Waals surface area contributed by atoms with Crippen LogP contribution in [0.4, 0.5) is 0 Å². The van der Waals surface area contributed by atoms with Gasteiger partial charge < -0.3 is 15.0 Å². The highest BCUT2D eigenvalue weighted by molar-refractivity contribution is 5.85. The number of nitrogens with zero attached hydrogens (tertiary/aromatic N) is 1. The van der Waals surface area contributed by atoms with Crippen LogP contribution < -0.4 is 10.1 Å². The number of carbonyl (C=O) groups is 2. The molecule has 2 aromatic carbocycles. The van der Waals surface area contributed by atoms with E-state index in [4.69, 9.17) is 4.74 Å². The normalized spacial score (nSPS) is 13.1. The minimum Gasteiger partial charge on any atom is -0.497 e. The molecule has 0 fully saturated rings. The maximum Gasteiger partial charge on any atom is 0.242 e. The first-order chi connectivity index (χ1) is 12.2. The zero-order chi connectivity index (χ0) is 17.6. The summed E-state index contributed by atoms with van der Waals surface area (Å²) in [6, 6.07) is 15.5. The lowest BCUT2D eigenvalue weighted by atomic mass is 10.00. The molecule has 2 aromatic rings. The molecule has 130 valence electrons. The molecule has 0 aliphatic carbocycles. The Bertz CT molecular complexity index is 756.